The Bertz CT molecular complexity index is 489. The van der Waals surface area contributed by atoms with Crippen molar-refractivity contribution in [2.24, 2.45) is 0 Å². The van der Waals surface area contributed by atoms with Crippen molar-refractivity contribution in [1.29, 1.82) is 0 Å². The highest BCUT2D eigenvalue weighted by Gasteiger charge is 2.12. The van der Waals surface area contributed by atoms with E-state index in [2.05, 4.69) is 20.2 Å². The first-order valence-corrected chi connectivity index (χ1v) is 6.25. The molecule has 1 saturated heterocycles. The van der Waals surface area contributed by atoms with Gasteiger partial charge in [-0.15, -0.1) is 0 Å². The van der Waals surface area contributed by atoms with Crippen molar-refractivity contribution >= 4 is 5.95 Å². The second-order valence-corrected chi connectivity index (χ2v) is 4.34. The summed E-state index contributed by atoms with van der Waals surface area (Å²) in [5, 5.41) is 3.38. The second-order valence-electron chi connectivity index (χ2n) is 4.34. The zero-order valence-electron chi connectivity index (χ0n) is 10.2. The fourth-order valence-electron chi connectivity index (χ4n) is 2.12. The number of furan rings is 1. The zero-order valence-corrected chi connectivity index (χ0v) is 10.2. The fraction of sp³-hybridized carbons (Fsp3) is 0.385. The molecule has 5 nitrogen and oxygen atoms in total. The zero-order chi connectivity index (χ0) is 12.2. The van der Waals surface area contributed by atoms with E-state index in [0.717, 1.165) is 49.8 Å². The predicted octanol–water partition coefficient (Wildman–Crippen LogP) is 1.54. The Morgan fingerprint density at radius 3 is 3.11 bits per heavy atom. The monoisotopic (exact) mass is 244 g/mol. The summed E-state index contributed by atoms with van der Waals surface area (Å²) in [6.07, 6.45) is 6.30. The lowest BCUT2D eigenvalue weighted by atomic mass is 10.2. The summed E-state index contributed by atoms with van der Waals surface area (Å²) < 4.78 is 5.09. The van der Waals surface area contributed by atoms with Gasteiger partial charge < -0.3 is 14.6 Å². The van der Waals surface area contributed by atoms with Gasteiger partial charge in [-0.2, -0.15) is 0 Å². The van der Waals surface area contributed by atoms with E-state index in [1.54, 1.807) is 12.5 Å². The third-order valence-electron chi connectivity index (χ3n) is 3.08. The Morgan fingerprint density at radius 1 is 1.22 bits per heavy atom. The van der Waals surface area contributed by atoms with Crippen LogP contribution >= 0.6 is 0 Å². The van der Waals surface area contributed by atoms with Crippen molar-refractivity contribution in [2.75, 3.05) is 31.1 Å². The number of nitrogens with one attached hydrogen (secondary N) is 1. The molecular formula is C13H16N4O. The normalized spacial score (nSPS) is 16.6. The smallest absolute Gasteiger partial charge is 0.225 e. The van der Waals surface area contributed by atoms with E-state index >= 15 is 0 Å². The molecule has 0 amide bonds. The van der Waals surface area contributed by atoms with Crippen LogP contribution in [0.2, 0.25) is 0 Å². The minimum Gasteiger partial charge on any atom is -0.472 e. The molecule has 0 aromatic carbocycles. The van der Waals surface area contributed by atoms with E-state index < -0.39 is 0 Å². The van der Waals surface area contributed by atoms with E-state index in [-0.39, 0.29) is 0 Å². The largest absolute Gasteiger partial charge is 0.472 e. The van der Waals surface area contributed by atoms with Gasteiger partial charge in [-0.05, 0) is 25.1 Å². The lowest BCUT2D eigenvalue weighted by molar-refractivity contribution is 0.568. The van der Waals surface area contributed by atoms with Crippen molar-refractivity contribution in [3.63, 3.8) is 0 Å². The molecular weight excluding hydrogens is 228 g/mol. The van der Waals surface area contributed by atoms with Crippen molar-refractivity contribution < 1.29 is 4.42 Å². The van der Waals surface area contributed by atoms with E-state index in [1.807, 2.05) is 18.3 Å². The number of hydrogen-bond donors (Lipinski definition) is 1. The minimum atomic E-state index is 0.803. The second kappa shape index (κ2) is 5.18. The lowest BCUT2D eigenvalue weighted by Gasteiger charge is -2.19. The molecule has 1 fully saturated rings. The summed E-state index contributed by atoms with van der Waals surface area (Å²) >= 11 is 0. The van der Waals surface area contributed by atoms with Crippen LogP contribution in [0.1, 0.15) is 6.42 Å². The van der Waals surface area contributed by atoms with Gasteiger partial charge in [0.05, 0.1) is 18.2 Å². The Morgan fingerprint density at radius 2 is 2.22 bits per heavy atom. The Hall–Kier alpha value is -1.88. The number of hydrogen-bond acceptors (Lipinski definition) is 5. The molecule has 0 radical (unpaired) electrons. The van der Waals surface area contributed by atoms with Crippen molar-refractivity contribution in [2.45, 2.75) is 6.42 Å². The first kappa shape index (κ1) is 11.2. The SMILES string of the molecule is c1cc(-c2ccoc2)nc(N2CCCNCC2)n1. The molecule has 3 rings (SSSR count). The van der Waals surface area contributed by atoms with Crippen molar-refractivity contribution in [3.8, 4) is 11.3 Å². The van der Waals surface area contributed by atoms with Crippen LogP contribution in [0.5, 0.6) is 0 Å². The van der Waals surface area contributed by atoms with Gasteiger partial charge in [-0.25, -0.2) is 9.97 Å². The van der Waals surface area contributed by atoms with Gasteiger partial charge in [-0.1, -0.05) is 0 Å². The first-order valence-electron chi connectivity index (χ1n) is 6.25. The van der Waals surface area contributed by atoms with Gasteiger partial charge in [0.2, 0.25) is 5.95 Å². The Labute approximate surface area is 106 Å². The van der Waals surface area contributed by atoms with Gasteiger partial charge in [0.15, 0.2) is 0 Å². The molecule has 0 spiro atoms. The molecule has 0 bridgehead atoms. The highest BCUT2D eigenvalue weighted by Crippen LogP contribution is 2.19. The molecule has 18 heavy (non-hydrogen) atoms. The molecule has 1 N–H and O–H groups in total. The number of anilines is 1. The first-order chi connectivity index (χ1) is 8.93. The third-order valence-corrected chi connectivity index (χ3v) is 3.08. The molecule has 2 aromatic rings. The molecule has 0 unspecified atom stereocenters. The van der Waals surface area contributed by atoms with Crippen LogP contribution in [0.4, 0.5) is 5.95 Å². The van der Waals surface area contributed by atoms with Gasteiger partial charge in [-0.3, -0.25) is 0 Å². The number of aromatic nitrogens is 2. The van der Waals surface area contributed by atoms with E-state index in [1.165, 1.54) is 0 Å². The summed E-state index contributed by atoms with van der Waals surface area (Å²) in [5.74, 6) is 0.803. The highest BCUT2D eigenvalue weighted by atomic mass is 16.3. The van der Waals surface area contributed by atoms with Gasteiger partial charge in [0, 0.05) is 31.4 Å². The summed E-state index contributed by atoms with van der Waals surface area (Å²) in [7, 11) is 0. The maximum Gasteiger partial charge on any atom is 0.225 e. The van der Waals surface area contributed by atoms with Crippen LogP contribution in [-0.4, -0.2) is 36.1 Å². The lowest BCUT2D eigenvalue weighted by Crippen LogP contribution is -2.29. The summed E-state index contributed by atoms with van der Waals surface area (Å²) in [6.45, 7) is 4.01. The van der Waals surface area contributed by atoms with Crippen molar-refractivity contribution in [1.82, 2.24) is 15.3 Å². The summed E-state index contributed by atoms with van der Waals surface area (Å²) in [4.78, 5) is 11.2. The van der Waals surface area contributed by atoms with E-state index in [9.17, 15) is 0 Å². The molecule has 2 aromatic heterocycles. The van der Waals surface area contributed by atoms with Crippen LogP contribution in [0, 0.1) is 0 Å². The standard InChI is InChI=1S/C13H16N4O/c1-4-14-6-8-17(7-1)13-15-5-2-12(16-13)11-3-9-18-10-11/h2-3,5,9-10,14H,1,4,6-8H2. The predicted molar refractivity (Wildman–Crippen MR) is 69.4 cm³/mol. The fourth-order valence-corrected chi connectivity index (χ4v) is 2.12. The Balaban J connectivity index is 1.86. The maximum absolute atomic E-state index is 5.09. The maximum atomic E-state index is 5.09. The molecule has 1 aliphatic heterocycles. The Kier molecular flexibility index (Phi) is 3.23. The molecule has 0 saturated carbocycles. The molecule has 5 heteroatoms. The van der Waals surface area contributed by atoms with E-state index in [4.69, 9.17) is 4.42 Å². The van der Waals surface area contributed by atoms with Crippen molar-refractivity contribution in [3.05, 3.63) is 30.9 Å². The molecule has 0 atom stereocenters. The molecule has 1 aliphatic rings. The average Bonchev–Trinajstić information content (AvgIpc) is 2.82. The topological polar surface area (TPSA) is 54.2 Å². The third kappa shape index (κ3) is 2.36. The van der Waals surface area contributed by atoms with E-state index in [0.29, 0.717) is 0 Å². The molecule has 94 valence electrons. The van der Waals surface area contributed by atoms with Gasteiger partial charge in [0.25, 0.3) is 0 Å². The van der Waals surface area contributed by atoms with Crippen LogP contribution in [0.3, 0.4) is 0 Å². The summed E-state index contributed by atoms with van der Waals surface area (Å²) in [5.41, 5.74) is 1.90. The number of rotatable bonds is 2. The summed E-state index contributed by atoms with van der Waals surface area (Å²) in [6, 6.07) is 3.82. The van der Waals surface area contributed by atoms with Crippen LogP contribution in [0.25, 0.3) is 11.3 Å². The van der Waals surface area contributed by atoms with Gasteiger partial charge in [0.1, 0.15) is 0 Å². The van der Waals surface area contributed by atoms with Crippen LogP contribution in [-0.2, 0) is 0 Å². The average molecular weight is 244 g/mol. The minimum absolute atomic E-state index is 0.803. The molecule has 0 aliphatic carbocycles. The number of nitrogens with zero attached hydrogens (tertiary/aromatic N) is 3. The quantitative estimate of drug-likeness (QED) is 0.868. The van der Waals surface area contributed by atoms with Gasteiger partial charge >= 0.3 is 0 Å². The van der Waals surface area contributed by atoms with Crippen LogP contribution in [0.15, 0.2) is 35.3 Å². The molecule has 3 heterocycles. The highest BCUT2D eigenvalue weighted by molar-refractivity contribution is 5.58. The van der Waals surface area contributed by atoms with Crippen LogP contribution < -0.4 is 10.2 Å².